The van der Waals surface area contributed by atoms with Crippen molar-refractivity contribution in [1.82, 2.24) is 0 Å². The zero-order valence-electron chi connectivity index (χ0n) is 15.5. The highest BCUT2D eigenvalue weighted by Crippen LogP contribution is 2.22. The molecule has 2 aromatic carbocycles. The van der Waals surface area contributed by atoms with Crippen LogP contribution in [0.3, 0.4) is 0 Å². The van der Waals surface area contributed by atoms with Crippen LogP contribution in [0.4, 0.5) is 5.69 Å². The first-order valence-electron chi connectivity index (χ1n) is 8.61. The zero-order chi connectivity index (χ0) is 20.1. The number of methoxy groups -OCH3 is 1. The van der Waals surface area contributed by atoms with Crippen LogP contribution in [0.15, 0.2) is 73.1 Å². The molecule has 0 saturated carbocycles. The van der Waals surface area contributed by atoms with E-state index in [0.29, 0.717) is 21.3 Å². The first-order valence-corrected chi connectivity index (χ1v) is 9.39. The molecular weight excluding hydrogens is 392 g/mol. The van der Waals surface area contributed by atoms with Gasteiger partial charge in [-0.05, 0) is 61.5 Å². The van der Waals surface area contributed by atoms with Gasteiger partial charge >= 0.3 is 0 Å². The van der Waals surface area contributed by atoms with Crippen LogP contribution in [0.1, 0.15) is 11.1 Å². The first-order chi connectivity index (χ1) is 13.5. The molecule has 1 aromatic heterocycles. The van der Waals surface area contributed by atoms with E-state index in [-0.39, 0.29) is 5.76 Å². The summed E-state index contributed by atoms with van der Waals surface area (Å²) in [5.74, 6) is 0.808. The van der Waals surface area contributed by atoms with Crippen molar-refractivity contribution in [3.05, 3.63) is 89.2 Å². The second-order valence-electron chi connectivity index (χ2n) is 6.18. The quantitative estimate of drug-likeness (QED) is 0.260. The molecule has 0 radical (unpaired) electrons. The van der Waals surface area contributed by atoms with Gasteiger partial charge in [0.25, 0.3) is 5.70 Å². The van der Waals surface area contributed by atoms with Gasteiger partial charge in [-0.3, -0.25) is 0 Å². The van der Waals surface area contributed by atoms with E-state index in [1.807, 2.05) is 55.7 Å². The number of nitrogens with one attached hydrogen (secondary N) is 1. The molecule has 0 bridgehead atoms. The number of anilines is 1. The monoisotopic (exact) mass is 411 g/mol. The van der Waals surface area contributed by atoms with E-state index < -0.39 is 0 Å². The molecule has 28 heavy (non-hydrogen) atoms. The molecule has 6 heteroatoms. The second kappa shape index (κ2) is 8.87. The van der Waals surface area contributed by atoms with Crippen LogP contribution in [-0.2, 0) is 0 Å². The van der Waals surface area contributed by atoms with E-state index in [1.165, 1.54) is 0 Å². The van der Waals surface area contributed by atoms with Crippen molar-refractivity contribution >= 4 is 46.0 Å². The van der Waals surface area contributed by atoms with Gasteiger partial charge in [0.1, 0.15) is 5.75 Å². The summed E-state index contributed by atoms with van der Waals surface area (Å²) in [5.41, 5.74) is 2.92. The number of pyridine rings is 1. The Hall–Kier alpha value is -2.89. The van der Waals surface area contributed by atoms with Crippen molar-refractivity contribution in [2.24, 2.45) is 0 Å². The summed E-state index contributed by atoms with van der Waals surface area (Å²) in [6.45, 7) is 1.98. The van der Waals surface area contributed by atoms with E-state index in [0.717, 1.165) is 17.0 Å². The molecule has 0 aliphatic carbocycles. The number of rotatable bonds is 5. The SMILES string of the molecule is COc1ccc(NC(=S)/C(=C(/O)c2ccc(Cl)cc2)[n+]2cccc(C)c2)cc1. The summed E-state index contributed by atoms with van der Waals surface area (Å²) in [4.78, 5) is 0.383. The lowest BCUT2D eigenvalue weighted by molar-refractivity contribution is -0.576. The predicted molar refractivity (Wildman–Crippen MR) is 118 cm³/mol. The summed E-state index contributed by atoms with van der Waals surface area (Å²) in [6, 6.07) is 18.3. The molecule has 142 valence electrons. The predicted octanol–water partition coefficient (Wildman–Crippen LogP) is 5.27. The maximum Gasteiger partial charge on any atom is 0.288 e. The normalized spacial score (nSPS) is 11.5. The van der Waals surface area contributed by atoms with Crippen LogP contribution in [0.5, 0.6) is 5.75 Å². The minimum Gasteiger partial charge on any atom is -0.502 e. The molecule has 2 N–H and O–H groups in total. The van der Waals surface area contributed by atoms with Gasteiger partial charge in [-0.2, -0.15) is 4.57 Å². The Balaban J connectivity index is 2.03. The fraction of sp³-hybridized carbons (Fsp3) is 0.0909. The van der Waals surface area contributed by atoms with Crippen molar-refractivity contribution in [3.8, 4) is 5.75 Å². The Labute approximate surface area is 174 Å². The number of thiocarbonyl (C=S) groups is 1. The molecule has 0 aliphatic heterocycles. The van der Waals surface area contributed by atoms with Crippen molar-refractivity contribution in [1.29, 1.82) is 0 Å². The topological polar surface area (TPSA) is 45.4 Å². The van der Waals surface area contributed by atoms with Gasteiger partial charge < -0.3 is 15.2 Å². The third-order valence-electron chi connectivity index (χ3n) is 4.11. The molecule has 1 heterocycles. The van der Waals surface area contributed by atoms with Gasteiger partial charge in [0.15, 0.2) is 23.1 Å². The fourth-order valence-electron chi connectivity index (χ4n) is 2.69. The number of nitrogens with zero attached hydrogens (tertiary/aromatic N) is 1. The molecule has 0 amide bonds. The van der Waals surface area contributed by atoms with Gasteiger partial charge in [-0.15, -0.1) is 0 Å². The number of aromatic nitrogens is 1. The van der Waals surface area contributed by atoms with E-state index in [1.54, 1.807) is 35.9 Å². The minimum absolute atomic E-state index is 0.0540. The highest BCUT2D eigenvalue weighted by molar-refractivity contribution is 7.81. The van der Waals surface area contributed by atoms with Crippen LogP contribution < -0.4 is 14.6 Å². The fourth-order valence-corrected chi connectivity index (χ4v) is 3.13. The number of hydrogen-bond donors (Lipinski definition) is 2. The lowest BCUT2D eigenvalue weighted by Crippen LogP contribution is -2.38. The average molecular weight is 412 g/mol. The number of hydrogen-bond acceptors (Lipinski definition) is 3. The summed E-state index contributed by atoms with van der Waals surface area (Å²) in [5, 5.41) is 14.8. The molecule has 0 fully saturated rings. The van der Waals surface area contributed by atoms with Crippen molar-refractivity contribution in [2.45, 2.75) is 6.92 Å². The molecule has 0 atom stereocenters. The lowest BCUT2D eigenvalue weighted by atomic mass is 10.1. The smallest absolute Gasteiger partial charge is 0.288 e. The molecule has 3 rings (SSSR count). The van der Waals surface area contributed by atoms with Crippen LogP contribution in [0.25, 0.3) is 11.5 Å². The van der Waals surface area contributed by atoms with E-state index in [4.69, 9.17) is 28.6 Å². The summed E-state index contributed by atoms with van der Waals surface area (Å²) in [7, 11) is 1.62. The molecule has 0 unspecified atom stereocenters. The highest BCUT2D eigenvalue weighted by Gasteiger charge is 2.24. The van der Waals surface area contributed by atoms with Gasteiger partial charge in [0.2, 0.25) is 0 Å². The van der Waals surface area contributed by atoms with Crippen LogP contribution >= 0.6 is 23.8 Å². The van der Waals surface area contributed by atoms with Gasteiger partial charge in [-0.25, -0.2) is 0 Å². The van der Waals surface area contributed by atoms with E-state index >= 15 is 0 Å². The maximum atomic E-state index is 11.0. The highest BCUT2D eigenvalue weighted by atomic mass is 35.5. The van der Waals surface area contributed by atoms with Crippen LogP contribution in [0.2, 0.25) is 5.02 Å². The van der Waals surface area contributed by atoms with Crippen LogP contribution in [0, 0.1) is 6.92 Å². The molecule has 0 spiro atoms. The Morgan fingerprint density at radius 1 is 1.07 bits per heavy atom. The van der Waals surface area contributed by atoms with E-state index in [2.05, 4.69) is 5.32 Å². The zero-order valence-corrected chi connectivity index (χ0v) is 17.1. The Kier molecular flexibility index (Phi) is 6.29. The summed E-state index contributed by atoms with van der Waals surface area (Å²) >= 11 is 11.6. The van der Waals surface area contributed by atoms with E-state index in [9.17, 15) is 5.11 Å². The molecule has 4 nitrogen and oxygen atoms in total. The van der Waals surface area contributed by atoms with Crippen molar-refractivity contribution < 1.29 is 14.4 Å². The van der Waals surface area contributed by atoms with Crippen LogP contribution in [-0.4, -0.2) is 17.2 Å². The third-order valence-corrected chi connectivity index (χ3v) is 4.66. The third kappa shape index (κ3) is 4.68. The first kappa shape index (κ1) is 19.9. The standard InChI is InChI=1S/C22H19ClN2O2S/c1-15-4-3-13-25(14-15)20(21(26)16-5-7-17(23)8-6-16)22(28)24-18-9-11-19(27-2)12-10-18/h3-14H,1-2H3,(H-,24,26,28)/p+1. The number of ether oxygens (including phenoxy) is 1. The van der Waals surface area contributed by atoms with Gasteiger partial charge in [-0.1, -0.05) is 23.8 Å². The summed E-state index contributed by atoms with van der Waals surface area (Å²) in [6.07, 6.45) is 3.75. The average Bonchev–Trinajstić information content (AvgIpc) is 2.69. The number of aliphatic hydroxyl groups is 1. The number of benzene rings is 2. The molecule has 0 aliphatic rings. The number of aryl methyl sites for hydroxylation is 1. The largest absolute Gasteiger partial charge is 0.502 e. The summed E-state index contributed by atoms with van der Waals surface area (Å²) < 4.78 is 6.99. The maximum absolute atomic E-state index is 11.0. The van der Waals surface area contributed by atoms with Crippen molar-refractivity contribution in [3.63, 3.8) is 0 Å². The Bertz CT molecular complexity index is 1020. The lowest BCUT2D eigenvalue weighted by Gasteiger charge is -2.11. The Morgan fingerprint density at radius 2 is 1.75 bits per heavy atom. The minimum atomic E-state index is 0.0540. The van der Waals surface area contributed by atoms with Gasteiger partial charge in [0, 0.05) is 27.9 Å². The van der Waals surface area contributed by atoms with Crippen molar-refractivity contribution in [2.75, 3.05) is 12.4 Å². The molecule has 3 aromatic rings. The Morgan fingerprint density at radius 3 is 2.36 bits per heavy atom. The second-order valence-corrected chi connectivity index (χ2v) is 7.02. The number of aliphatic hydroxyl groups excluding tert-OH is 1. The molecule has 0 saturated heterocycles. The van der Waals surface area contributed by atoms with Gasteiger partial charge in [0.05, 0.1) is 7.11 Å². The number of halogens is 1. The molecular formula is C22H20ClN2O2S+.